The number of alkyl halides is 1. The lowest BCUT2D eigenvalue weighted by atomic mass is 9.70. The van der Waals surface area contributed by atoms with Gasteiger partial charge in [-0.15, -0.1) is 6.58 Å². The standard InChI is InChI=1S/C22H31BrN2O6/c1-6-8-25(21(3,4)5)19(28)17-22-12-13(23)16(31-22)14(20(29)30-11-7-2)15(22)18(27)24(17)9-10-26/h6-7,13-17,26H,1-2,8-12H2,3-5H3/t13?,14-,15-,16-,17?,22?/m0/s1. The van der Waals surface area contributed by atoms with Crippen LogP contribution in [0, 0.1) is 11.8 Å². The third-order valence-electron chi connectivity index (χ3n) is 6.37. The van der Waals surface area contributed by atoms with E-state index in [2.05, 4.69) is 29.1 Å². The first kappa shape index (κ1) is 23.9. The zero-order chi connectivity index (χ0) is 23.1. The third kappa shape index (κ3) is 3.74. The van der Waals surface area contributed by atoms with Crippen molar-refractivity contribution >= 4 is 33.7 Å². The Bertz CT molecular complexity index is 780. The number of hydrogen-bond donors (Lipinski definition) is 1. The van der Waals surface area contributed by atoms with Crippen molar-refractivity contribution in [2.24, 2.45) is 11.8 Å². The molecule has 172 valence electrons. The molecule has 8 nitrogen and oxygen atoms in total. The number of carbonyl (C=O) groups excluding carboxylic acids is 3. The van der Waals surface area contributed by atoms with Crippen LogP contribution >= 0.6 is 15.9 Å². The van der Waals surface area contributed by atoms with Gasteiger partial charge in [-0.05, 0) is 27.2 Å². The fourth-order valence-electron chi connectivity index (χ4n) is 5.23. The maximum Gasteiger partial charge on any atom is 0.312 e. The topological polar surface area (TPSA) is 96.4 Å². The Morgan fingerprint density at radius 1 is 1.39 bits per heavy atom. The predicted molar refractivity (Wildman–Crippen MR) is 117 cm³/mol. The number of carbonyl (C=O) groups is 3. The summed E-state index contributed by atoms with van der Waals surface area (Å²) in [7, 11) is 0. The van der Waals surface area contributed by atoms with E-state index >= 15 is 0 Å². The lowest BCUT2D eigenvalue weighted by Crippen LogP contribution is -2.60. The lowest BCUT2D eigenvalue weighted by Gasteiger charge is -2.42. The van der Waals surface area contributed by atoms with Crippen LogP contribution in [0.1, 0.15) is 27.2 Å². The molecule has 1 spiro atoms. The highest BCUT2D eigenvalue weighted by molar-refractivity contribution is 9.09. The first-order chi connectivity index (χ1) is 14.5. The van der Waals surface area contributed by atoms with Crippen molar-refractivity contribution in [3.63, 3.8) is 0 Å². The summed E-state index contributed by atoms with van der Waals surface area (Å²) in [4.78, 5) is 43.1. The number of ether oxygens (including phenoxy) is 2. The minimum atomic E-state index is -1.16. The zero-order valence-corrected chi connectivity index (χ0v) is 19.8. The van der Waals surface area contributed by atoms with Crippen LogP contribution in [-0.4, -0.2) is 87.1 Å². The summed E-state index contributed by atoms with van der Waals surface area (Å²) in [5.41, 5.74) is -1.69. The second-order valence-electron chi connectivity index (χ2n) is 9.25. The van der Waals surface area contributed by atoms with E-state index in [1.807, 2.05) is 20.8 Å². The summed E-state index contributed by atoms with van der Waals surface area (Å²) < 4.78 is 11.6. The molecule has 1 N–H and O–H groups in total. The molecule has 6 atom stereocenters. The molecule has 0 radical (unpaired) electrons. The monoisotopic (exact) mass is 498 g/mol. The molecule has 3 aliphatic heterocycles. The van der Waals surface area contributed by atoms with Gasteiger partial charge in [0.1, 0.15) is 18.2 Å². The number of likely N-dealkylation sites (tertiary alicyclic amines) is 1. The highest BCUT2D eigenvalue weighted by Gasteiger charge is 2.77. The molecule has 0 aromatic rings. The largest absolute Gasteiger partial charge is 0.461 e. The number of nitrogens with zero attached hydrogens (tertiary/aromatic N) is 2. The molecule has 0 aliphatic carbocycles. The van der Waals surface area contributed by atoms with Gasteiger partial charge >= 0.3 is 5.97 Å². The van der Waals surface area contributed by atoms with Crippen molar-refractivity contribution < 1.29 is 29.0 Å². The highest BCUT2D eigenvalue weighted by Crippen LogP contribution is 2.60. The minimum Gasteiger partial charge on any atom is -0.461 e. The average molecular weight is 499 g/mol. The Morgan fingerprint density at radius 2 is 2.06 bits per heavy atom. The van der Waals surface area contributed by atoms with Crippen LogP contribution < -0.4 is 0 Å². The fraction of sp³-hybridized carbons (Fsp3) is 0.682. The molecule has 3 heterocycles. The van der Waals surface area contributed by atoms with E-state index in [4.69, 9.17) is 9.47 Å². The molecule has 0 aromatic heterocycles. The number of amides is 2. The molecule has 2 bridgehead atoms. The molecule has 31 heavy (non-hydrogen) atoms. The molecular formula is C22H31BrN2O6. The summed E-state index contributed by atoms with van der Waals surface area (Å²) in [6.07, 6.45) is 2.94. The summed E-state index contributed by atoms with van der Waals surface area (Å²) in [5, 5.41) is 9.63. The summed E-state index contributed by atoms with van der Waals surface area (Å²) in [5.74, 6) is -2.84. The lowest BCUT2D eigenvalue weighted by molar-refractivity contribution is -0.155. The average Bonchev–Trinajstić information content (AvgIpc) is 3.27. The first-order valence-electron chi connectivity index (χ1n) is 10.5. The molecule has 3 rings (SSSR count). The molecule has 2 amide bonds. The number of aliphatic hydroxyl groups excluding tert-OH is 1. The van der Waals surface area contributed by atoms with E-state index in [9.17, 15) is 19.5 Å². The number of halogens is 1. The number of rotatable bonds is 8. The van der Waals surface area contributed by atoms with Crippen molar-refractivity contribution in [1.29, 1.82) is 0 Å². The Kier molecular flexibility index (Phi) is 6.70. The molecule has 3 saturated heterocycles. The molecule has 3 fully saturated rings. The Morgan fingerprint density at radius 3 is 2.61 bits per heavy atom. The molecule has 9 heteroatoms. The van der Waals surface area contributed by atoms with Crippen molar-refractivity contribution in [2.45, 2.75) is 55.3 Å². The van der Waals surface area contributed by atoms with Gasteiger partial charge in [0.25, 0.3) is 0 Å². The predicted octanol–water partition coefficient (Wildman–Crippen LogP) is 1.27. The van der Waals surface area contributed by atoms with Crippen LogP contribution in [0.4, 0.5) is 0 Å². The van der Waals surface area contributed by atoms with Crippen LogP contribution in [0.25, 0.3) is 0 Å². The van der Waals surface area contributed by atoms with E-state index in [0.717, 1.165) is 0 Å². The zero-order valence-electron chi connectivity index (χ0n) is 18.3. The van der Waals surface area contributed by atoms with Gasteiger partial charge in [-0.1, -0.05) is 34.7 Å². The fourth-order valence-corrected chi connectivity index (χ4v) is 6.18. The van der Waals surface area contributed by atoms with Gasteiger partial charge in [0.2, 0.25) is 11.8 Å². The highest BCUT2D eigenvalue weighted by atomic mass is 79.9. The van der Waals surface area contributed by atoms with Crippen molar-refractivity contribution in [3.8, 4) is 0 Å². The van der Waals surface area contributed by atoms with Gasteiger partial charge in [0.15, 0.2) is 0 Å². The first-order valence-corrected chi connectivity index (χ1v) is 11.4. The van der Waals surface area contributed by atoms with Gasteiger partial charge in [0.05, 0.1) is 24.5 Å². The van der Waals surface area contributed by atoms with Gasteiger partial charge in [-0.3, -0.25) is 14.4 Å². The summed E-state index contributed by atoms with van der Waals surface area (Å²) in [6, 6.07) is -0.946. The van der Waals surface area contributed by atoms with Gasteiger partial charge in [-0.2, -0.15) is 0 Å². The normalized spacial score (nSPS) is 33.9. The van der Waals surface area contributed by atoms with Crippen LogP contribution in [0.3, 0.4) is 0 Å². The van der Waals surface area contributed by atoms with Crippen molar-refractivity contribution in [3.05, 3.63) is 25.3 Å². The molecule has 3 aliphatic rings. The quantitative estimate of drug-likeness (QED) is 0.307. The van der Waals surface area contributed by atoms with Crippen LogP contribution in [-0.2, 0) is 23.9 Å². The van der Waals surface area contributed by atoms with Gasteiger partial charge < -0.3 is 24.4 Å². The molecule has 0 aromatic carbocycles. The number of fused-ring (bicyclic) bond motifs is 1. The number of β-amino-alcohol motifs (C(OH)–C–C–N with tert-alkyl or cyclic N) is 1. The van der Waals surface area contributed by atoms with Gasteiger partial charge in [-0.25, -0.2) is 0 Å². The van der Waals surface area contributed by atoms with E-state index in [1.165, 1.54) is 11.0 Å². The molecule has 3 unspecified atom stereocenters. The van der Waals surface area contributed by atoms with E-state index in [1.54, 1.807) is 11.0 Å². The van der Waals surface area contributed by atoms with E-state index < -0.39 is 41.1 Å². The second kappa shape index (κ2) is 8.67. The molecule has 0 saturated carbocycles. The Hall–Kier alpha value is -1.71. The third-order valence-corrected chi connectivity index (χ3v) is 7.21. The summed E-state index contributed by atoms with van der Waals surface area (Å²) >= 11 is 3.59. The SMILES string of the molecule is C=CCOC(=O)[C@H]1[C@H]2C(=O)N(CCO)C(C(=O)N(CC=C)C(C)(C)C)C23CC(Br)[C@@H]1O3. The van der Waals surface area contributed by atoms with Crippen molar-refractivity contribution in [2.75, 3.05) is 26.3 Å². The second-order valence-corrected chi connectivity index (χ2v) is 10.4. The molecular weight excluding hydrogens is 468 g/mol. The number of esters is 1. The van der Waals surface area contributed by atoms with E-state index in [-0.39, 0.29) is 36.4 Å². The number of hydrogen-bond acceptors (Lipinski definition) is 6. The van der Waals surface area contributed by atoms with Crippen LogP contribution in [0.5, 0.6) is 0 Å². The van der Waals surface area contributed by atoms with Crippen LogP contribution in [0.15, 0.2) is 25.3 Å². The van der Waals surface area contributed by atoms with Gasteiger partial charge in [0, 0.05) is 23.5 Å². The van der Waals surface area contributed by atoms with Crippen LogP contribution in [0.2, 0.25) is 0 Å². The van der Waals surface area contributed by atoms with Crippen molar-refractivity contribution in [1.82, 2.24) is 9.80 Å². The Balaban J connectivity index is 2.06. The van der Waals surface area contributed by atoms with E-state index in [0.29, 0.717) is 13.0 Å². The smallest absolute Gasteiger partial charge is 0.312 e. The summed E-state index contributed by atoms with van der Waals surface area (Å²) in [6.45, 7) is 13.0. The Labute approximate surface area is 191 Å². The maximum absolute atomic E-state index is 13.9. The maximum atomic E-state index is 13.9. The minimum absolute atomic E-state index is 0.0189. The number of aliphatic hydroxyl groups is 1.